The second-order valence-electron chi connectivity index (χ2n) is 5.01. The van der Waals surface area contributed by atoms with Crippen molar-refractivity contribution in [2.45, 2.75) is 58.7 Å². The van der Waals surface area contributed by atoms with Gasteiger partial charge in [-0.15, -0.1) is 0 Å². The van der Waals surface area contributed by atoms with E-state index in [1.165, 1.54) is 18.4 Å². The highest BCUT2D eigenvalue weighted by Crippen LogP contribution is 2.27. The second-order valence-corrected chi connectivity index (χ2v) is 5.01. The van der Waals surface area contributed by atoms with Gasteiger partial charge in [-0.05, 0) is 18.8 Å². The fraction of sp³-hybridized carbons (Fsp3) is 0.833. The summed E-state index contributed by atoms with van der Waals surface area (Å²) in [4.78, 5) is 0. The van der Waals surface area contributed by atoms with Gasteiger partial charge in [0.15, 0.2) is 0 Å². The van der Waals surface area contributed by atoms with Crippen LogP contribution in [0, 0.1) is 5.92 Å². The second kappa shape index (κ2) is 5.52. The van der Waals surface area contributed by atoms with Crippen LogP contribution in [0.1, 0.15) is 53.4 Å². The largest absolute Gasteiger partial charge is 0.0996 e. The highest BCUT2D eigenvalue weighted by molar-refractivity contribution is 6.14. The Balaban J connectivity index is 3.42. The maximum Gasteiger partial charge on any atom is 0.0738 e. The molecule has 0 N–H and O–H groups in total. The molecule has 0 fully saturated rings. The van der Waals surface area contributed by atoms with E-state index in [9.17, 15) is 0 Å². The van der Waals surface area contributed by atoms with E-state index in [1.807, 2.05) is 0 Å². The molecule has 0 spiro atoms. The van der Waals surface area contributed by atoms with E-state index < -0.39 is 0 Å². The third-order valence-electron chi connectivity index (χ3n) is 2.39. The lowest BCUT2D eigenvalue weighted by Crippen LogP contribution is -2.01. The summed E-state index contributed by atoms with van der Waals surface area (Å²) in [5, 5.41) is -0.000829. The van der Waals surface area contributed by atoms with Gasteiger partial charge in [0.2, 0.25) is 0 Å². The normalized spacial score (nSPS) is 12.1. The molecule has 0 aliphatic heterocycles. The van der Waals surface area contributed by atoms with Crippen molar-refractivity contribution in [2.75, 3.05) is 0 Å². The van der Waals surface area contributed by atoms with Gasteiger partial charge in [0.25, 0.3) is 0 Å². The minimum Gasteiger partial charge on any atom is -0.0996 e. The summed E-state index contributed by atoms with van der Waals surface area (Å²) in [6.07, 6.45) is 4.72. The first kappa shape index (κ1) is 12.8. The van der Waals surface area contributed by atoms with E-state index in [4.69, 9.17) is 7.85 Å². The van der Waals surface area contributed by atoms with Crippen LogP contribution in [0.4, 0.5) is 0 Å². The first-order chi connectivity index (χ1) is 5.83. The Bertz CT molecular complexity index is 151. The van der Waals surface area contributed by atoms with Crippen LogP contribution in [0.5, 0.6) is 0 Å². The van der Waals surface area contributed by atoms with Crippen molar-refractivity contribution < 1.29 is 0 Å². The van der Waals surface area contributed by atoms with Crippen molar-refractivity contribution >= 4 is 7.85 Å². The molecule has 0 amide bonds. The number of allylic oxidation sites excluding steroid dienone is 1. The molecule has 0 atom stereocenters. The van der Waals surface area contributed by atoms with E-state index in [-0.39, 0.29) is 5.31 Å². The first-order valence-electron chi connectivity index (χ1n) is 5.29. The van der Waals surface area contributed by atoms with E-state index in [0.717, 1.165) is 12.8 Å². The van der Waals surface area contributed by atoms with Crippen LogP contribution < -0.4 is 0 Å². The van der Waals surface area contributed by atoms with Gasteiger partial charge in [-0.2, -0.15) is 0 Å². The molecular formula is C12H23B. The van der Waals surface area contributed by atoms with Crippen molar-refractivity contribution in [2.24, 2.45) is 5.92 Å². The Morgan fingerprint density at radius 1 is 1.31 bits per heavy atom. The minimum atomic E-state index is -0.000829. The topological polar surface area (TPSA) is 0 Å². The summed E-state index contributed by atoms with van der Waals surface area (Å²) < 4.78 is 0. The van der Waals surface area contributed by atoms with Gasteiger partial charge >= 0.3 is 0 Å². The first-order valence-corrected chi connectivity index (χ1v) is 5.29. The molecule has 0 saturated carbocycles. The van der Waals surface area contributed by atoms with E-state index >= 15 is 0 Å². The Morgan fingerprint density at radius 2 is 1.85 bits per heavy atom. The lowest BCUT2D eigenvalue weighted by molar-refractivity contribution is 0.548. The molecular weight excluding hydrogens is 155 g/mol. The Morgan fingerprint density at radius 3 is 2.23 bits per heavy atom. The zero-order valence-corrected chi connectivity index (χ0v) is 9.69. The molecule has 0 heterocycles. The van der Waals surface area contributed by atoms with Crippen molar-refractivity contribution in [1.82, 2.24) is 0 Å². The number of rotatable bonds is 6. The summed E-state index contributed by atoms with van der Waals surface area (Å²) in [6.45, 7) is 12.6. The predicted molar refractivity (Wildman–Crippen MR) is 62.2 cm³/mol. The van der Waals surface area contributed by atoms with Crippen molar-refractivity contribution in [1.29, 1.82) is 0 Å². The van der Waals surface area contributed by atoms with Crippen LogP contribution in [-0.2, 0) is 0 Å². The molecule has 1 heteroatoms. The lowest BCUT2D eigenvalue weighted by atomic mass is 9.69. The molecule has 0 aromatic carbocycles. The quantitative estimate of drug-likeness (QED) is 0.326. The molecule has 0 nitrogen and oxygen atoms in total. The molecule has 0 aromatic rings. The predicted octanol–water partition coefficient (Wildman–Crippen LogP) is 4.13. The van der Waals surface area contributed by atoms with E-state index in [1.54, 1.807) is 0 Å². The molecule has 74 valence electrons. The number of hydrogen-bond acceptors (Lipinski definition) is 0. The van der Waals surface area contributed by atoms with Gasteiger partial charge in [-0.1, -0.05) is 58.0 Å². The molecule has 2 radical (unpaired) electrons. The van der Waals surface area contributed by atoms with E-state index in [0.29, 0.717) is 5.92 Å². The molecule has 0 unspecified atom stereocenters. The van der Waals surface area contributed by atoms with Crippen molar-refractivity contribution in [3.05, 3.63) is 12.2 Å². The maximum absolute atomic E-state index is 5.89. The standard InChI is InChI=1S/C12H23B/c1-10(2)11(3)8-6-7-9-12(4,5)13/h10H,3,6-9H2,1-2,4-5H3. The monoisotopic (exact) mass is 178 g/mol. The molecule has 0 bridgehead atoms. The average molecular weight is 178 g/mol. The van der Waals surface area contributed by atoms with Gasteiger partial charge in [0.05, 0.1) is 7.85 Å². The van der Waals surface area contributed by atoms with Gasteiger partial charge in [0, 0.05) is 0 Å². The van der Waals surface area contributed by atoms with Crippen molar-refractivity contribution in [3.8, 4) is 0 Å². The fourth-order valence-electron chi connectivity index (χ4n) is 1.22. The maximum atomic E-state index is 5.89. The zero-order valence-electron chi connectivity index (χ0n) is 9.69. The average Bonchev–Trinajstić information content (AvgIpc) is 1.95. The van der Waals surface area contributed by atoms with Gasteiger partial charge in [-0.25, -0.2) is 0 Å². The fourth-order valence-corrected chi connectivity index (χ4v) is 1.22. The van der Waals surface area contributed by atoms with Gasteiger partial charge in [0.1, 0.15) is 0 Å². The van der Waals surface area contributed by atoms with Crippen molar-refractivity contribution in [3.63, 3.8) is 0 Å². The van der Waals surface area contributed by atoms with Crippen LogP contribution in [0.25, 0.3) is 0 Å². The smallest absolute Gasteiger partial charge is 0.0738 e. The van der Waals surface area contributed by atoms with Crippen LogP contribution >= 0.6 is 0 Å². The van der Waals surface area contributed by atoms with Crippen LogP contribution in [0.3, 0.4) is 0 Å². The van der Waals surface area contributed by atoms with Crippen LogP contribution in [0.15, 0.2) is 12.2 Å². The molecule has 13 heavy (non-hydrogen) atoms. The SMILES string of the molecule is [B]C(C)(C)CCCCC(=C)C(C)C. The molecule has 0 aliphatic rings. The summed E-state index contributed by atoms with van der Waals surface area (Å²) >= 11 is 0. The van der Waals surface area contributed by atoms with Gasteiger partial charge < -0.3 is 0 Å². The molecule has 0 aromatic heterocycles. The molecule has 0 rings (SSSR count). The summed E-state index contributed by atoms with van der Waals surface area (Å²) in [6, 6.07) is 0. The molecule has 0 aliphatic carbocycles. The van der Waals surface area contributed by atoms with E-state index in [2.05, 4.69) is 34.3 Å². The summed E-state index contributed by atoms with van der Waals surface area (Å²) in [7, 11) is 5.89. The highest BCUT2D eigenvalue weighted by atomic mass is 14.1. The summed E-state index contributed by atoms with van der Waals surface area (Å²) in [5.41, 5.74) is 1.37. The number of unbranched alkanes of at least 4 members (excludes halogenated alkanes) is 1. The summed E-state index contributed by atoms with van der Waals surface area (Å²) in [5.74, 6) is 0.630. The van der Waals surface area contributed by atoms with Gasteiger partial charge in [-0.3, -0.25) is 0 Å². The third kappa shape index (κ3) is 8.14. The third-order valence-corrected chi connectivity index (χ3v) is 2.39. The molecule has 0 saturated heterocycles. The zero-order chi connectivity index (χ0) is 10.5. The Hall–Kier alpha value is -0.195. The van der Waals surface area contributed by atoms with Crippen LogP contribution in [0.2, 0.25) is 5.31 Å². The Labute approximate surface area is 85.2 Å². The number of hydrogen-bond donors (Lipinski definition) is 0. The lowest BCUT2D eigenvalue weighted by Gasteiger charge is -2.18. The minimum absolute atomic E-state index is 0.000829. The highest BCUT2D eigenvalue weighted by Gasteiger charge is 2.08. The Kier molecular flexibility index (Phi) is 5.43. The van der Waals surface area contributed by atoms with Crippen LogP contribution in [-0.4, -0.2) is 7.85 Å².